The molecule has 7 heteroatoms. The van der Waals surface area contributed by atoms with Crippen molar-refractivity contribution in [2.75, 3.05) is 13.1 Å². The van der Waals surface area contributed by atoms with Gasteiger partial charge in [-0.1, -0.05) is 6.07 Å². The third-order valence-corrected chi connectivity index (χ3v) is 3.69. The molecule has 0 aromatic heterocycles. The second kappa shape index (κ2) is 5.03. The van der Waals surface area contributed by atoms with Gasteiger partial charge in [-0.2, -0.15) is 0 Å². The van der Waals surface area contributed by atoms with E-state index >= 15 is 0 Å². The van der Waals surface area contributed by atoms with E-state index in [0.29, 0.717) is 13.0 Å². The molecule has 1 atom stereocenters. The Bertz CT molecular complexity index is 506. The van der Waals surface area contributed by atoms with Crippen molar-refractivity contribution in [2.24, 2.45) is 0 Å². The lowest BCUT2D eigenvalue weighted by atomic mass is 10.2. The van der Waals surface area contributed by atoms with Gasteiger partial charge in [0.05, 0.1) is 16.6 Å². The molecule has 96 valence electrons. The number of aliphatic hydroxyl groups is 1. The summed E-state index contributed by atoms with van der Waals surface area (Å²) in [6.07, 6.45) is 0.0320. The van der Waals surface area contributed by atoms with E-state index in [4.69, 9.17) is 0 Å². The average molecular weight is 315 g/mol. The SMILES string of the molecule is O=C(c1cccc([N+](=O)[O-])c1Br)N1CCC(O)C1. The van der Waals surface area contributed by atoms with E-state index in [2.05, 4.69) is 15.9 Å². The van der Waals surface area contributed by atoms with Crippen LogP contribution < -0.4 is 0 Å². The third kappa shape index (κ3) is 2.37. The number of β-amino-alcohol motifs (C(OH)–C–C–N with tert-alkyl or cyclic N) is 1. The van der Waals surface area contributed by atoms with Crippen LogP contribution in [-0.2, 0) is 0 Å². The van der Waals surface area contributed by atoms with Crippen molar-refractivity contribution in [3.63, 3.8) is 0 Å². The summed E-state index contributed by atoms with van der Waals surface area (Å²) in [5.41, 5.74) is 0.110. The standard InChI is InChI=1S/C11H11BrN2O4/c12-10-8(2-1-3-9(10)14(17)18)11(16)13-5-4-7(15)6-13/h1-3,7,15H,4-6H2. The Kier molecular flexibility index (Phi) is 3.63. The highest BCUT2D eigenvalue weighted by molar-refractivity contribution is 9.10. The van der Waals surface area contributed by atoms with Crippen LogP contribution in [0.5, 0.6) is 0 Å². The molecule has 1 unspecified atom stereocenters. The molecule has 0 bridgehead atoms. The summed E-state index contributed by atoms with van der Waals surface area (Å²) in [4.78, 5) is 23.9. The van der Waals surface area contributed by atoms with Gasteiger partial charge in [0.25, 0.3) is 11.6 Å². The van der Waals surface area contributed by atoms with Crippen molar-refractivity contribution in [3.8, 4) is 0 Å². The monoisotopic (exact) mass is 314 g/mol. The number of halogens is 1. The molecule has 6 nitrogen and oxygen atoms in total. The molecule has 0 aliphatic carbocycles. The maximum atomic E-state index is 12.2. The molecule has 1 aromatic carbocycles. The Hall–Kier alpha value is -1.47. The van der Waals surface area contributed by atoms with E-state index in [-0.39, 0.29) is 28.2 Å². The van der Waals surface area contributed by atoms with E-state index in [9.17, 15) is 20.0 Å². The molecule has 18 heavy (non-hydrogen) atoms. The van der Waals surface area contributed by atoms with Gasteiger partial charge in [0.1, 0.15) is 4.47 Å². The van der Waals surface area contributed by atoms with Gasteiger partial charge in [-0.15, -0.1) is 0 Å². The first-order valence-electron chi connectivity index (χ1n) is 5.41. The van der Waals surface area contributed by atoms with Crippen molar-refractivity contribution in [3.05, 3.63) is 38.3 Å². The summed E-state index contributed by atoms with van der Waals surface area (Å²) in [5.74, 6) is -0.304. The quantitative estimate of drug-likeness (QED) is 0.663. The molecule has 2 rings (SSSR count). The zero-order valence-electron chi connectivity index (χ0n) is 9.38. The summed E-state index contributed by atoms with van der Waals surface area (Å²) < 4.78 is 0.182. The van der Waals surface area contributed by atoms with Crippen molar-refractivity contribution in [2.45, 2.75) is 12.5 Å². The zero-order valence-corrected chi connectivity index (χ0v) is 11.0. The second-order valence-electron chi connectivity index (χ2n) is 4.09. The predicted octanol–water partition coefficient (Wildman–Crippen LogP) is 1.56. The van der Waals surface area contributed by atoms with E-state index in [1.54, 1.807) is 0 Å². The summed E-state index contributed by atoms with van der Waals surface area (Å²) in [7, 11) is 0. The number of benzene rings is 1. The molecule has 1 heterocycles. The van der Waals surface area contributed by atoms with E-state index in [1.807, 2.05) is 0 Å². The molecule has 1 aliphatic heterocycles. The molecular formula is C11H11BrN2O4. The van der Waals surface area contributed by atoms with Gasteiger partial charge in [0, 0.05) is 19.2 Å². The number of carbonyl (C=O) groups is 1. The van der Waals surface area contributed by atoms with Gasteiger partial charge in [-0.25, -0.2) is 0 Å². The van der Waals surface area contributed by atoms with E-state index < -0.39 is 11.0 Å². The minimum Gasteiger partial charge on any atom is -0.391 e. The highest BCUT2D eigenvalue weighted by atomic mass is 79.9. The molecule has 0 radical (unpaired) electrons. The van der Waals surface area contributed by atoms with Gasteiger partial charge >= 0.3 is 0 Å². The molecule has 1 saturated heterocycles. The Morgan fingerprint density at radius 3 is 2.83 bits per heavy atom. The fourth-order valence-corrected chi connectivity index (χ4v) is 2.50. The lowest BCUT2D eigenvalue weighted by Gasteiger charge is -2.16. The largest absolute Gasteiger partial charge is 0.391 e. The van der Waals surface area contributed by atoms with Crippen molar-refractivity contribution in [1.82, 2.24) is 4.90 Å². The molecule has 1 fully saturated rings. The van der Waals surface area contributed by atoms with Gasteiger partial charge in [-0.05, 0) is 28.4 Å². The number of hydrogen-bond donors (Lipinski definition) is 1. The molecular weight excluding hydrogens is 304 g/mol. The predicted molar refractivity (Wildman–Crippen MR) is 67.3 cm³/mol. The lowest BCUT2D eigenvalue weighted by Crippen LogP contribution is -2.29. The van der Waals surface area contributed by atoms with Crippen LogP contribution in [0.4, 0.5) is 5.69 Å². The normalized spacial score (nSPS) is 19.0. The number of carbonyl (C=O) groups excluding carboxylic acids is 1. The maximum absolute atomic E-state index is 12.2. The number of nitrogens with zero attached hydrogens (tertiary/aromatic N) is 2. The van der Waals surface area contributed by atoms with Crippen molar-refractivity contribution < 1.29 is 14.8 Å². The van der Waals surface area contributed by atoms with Crippen LogP contribution in [0.15, 0.2) is 22.7 Å². The fraction of sp³-hybridized carbons (Fsp3) is 0.364. The smallest absolute Gasteiger partial charge is 0.284 e. The Morgan fingerprint density at radius 1 is 1.56 bits per heavy atom. The first-order chi connectivity index (χ1) is 8.50. The number of rotatable bonds is 2. The Morgan fingerprint density at radius 2 is 2.28 bits per heavy atom. The number of amides is 1. The Balaban J connectivity index is 2.31. The van der Waals surface area contributed by atoms with Crippen LogP contribution in [0, 0.1) is 10.1 Å². The van der Waals surface area contributed by atoms with Gasteiger partial charge in [-0.3, -0.25) is 14.9 Å². The Labute approximate surface area is 111 Å². The maximum Gasteiger partial charge on any atom is 0.284 e. The van der Waals surface area contributed by atoms with Crippen LogP contribution in [0.2, 0.25) is 0 Å². The minimum absolute atomic E-state index is 0.138. The molecule has 1 aliphatic rings. The highest BCUT2D eigenvalue weighted by Gasteiger charge is 2.28. The first kappa shape index (κ1) is 13.0. The topological polar surface area (TPSA) is 83.7 Å². The highest BCUT2D eigenvalue weighted by Crippen LogP contribution is 2.29. The molecule has 1 aromatic rings. The fourth-order valence-electron chi connectivity index (χ4n) is 1.92. The van der Waals surface area contributed by atoms with Crippen LogP contribution in [0.1, 0.15) is 16.8 Å². The number of nitro groups is 1. The zero-order chi connectivity index (χ0) is 13.3. The summed E-state index contributed by atoms with van der Waals surface area (Å²) in [6, 6.07) is 4.34. The van der Waals surface area contributed by atoms with Crippen molar-refractivity contribution in [1.29, 1.82) is 0 Å². The molecule has 0 saturated carbocycles. The molecule has 1 amide bonds. The number of hydrogen-bond acceptors (Lipinski definition) is 4. The average Bonchev–Trinajstić information content (AvgIpc) is 2.75. The summed E-state index contributed by atoms with van der Waals surface area (Å²) in [5, 5.41) is 20.2. The van der Waals surface area contributed by atoms with Crippen LogP contribution in [0.3, 0.4) is 0 Å². The van der Waals surface area contributed by atoms with Gasteiger partial charge in [0.15, 0.2) is 0 Å². The molecule has 1 N–H and O–H groups in total. The van der Waals surface area contributed by atoms with Crippen LogP contribution in [0.25, 0.3) is 0 Å². The molecule has 0 spiro atoms. The summed E-state index contributed by atoms with van der Waals surface area (Å²) in [6.45, 7) is 0.739. The lowest BCUT2D eigenvalue weighted by molar-refractivity contribution is -0.385. The van der Waals surface area contributed by atoms with Crippen LogP contribution in [-0.4, -0.2) is 40.0 Å². The number of nitro benzene ring substituents is 1. The van der Waals surface area contributed by atoms with Crippen molar-refractivity contribution >= 4 is 27.5 Å². The van der Waals surface area contributed by atoms with Gasteiger partial charge in [0.2, 0.25) is 0 Å². The van der Waals surface area contributed by atoms with E-state index in [1.165, 1.54) is 23.1 Å². The second-order valence-corrected chi connectivity index (χ2v) is 4.88. The van der Waals surface area contributed by atoms with Gasteiger partial charge < -0.3 is 10.0 Å². The third-order valence-electron chi connectivity index (χ3n) is 2.86. The number of likely N-dealkylation sites (tertiary alicyclic amines) is 1. The first-order valence-corrected chi connectivity index (χ1v) is 6.20. The minimum atomic E-state index is -0.542. The number of aliphatic hydroxyl groups excluding tert-OH is 1. The van der Waals surface area contributed by atoms with E-state index in [0.717, 1.165) is 0 Å². The van der Waals surface area contributed by atoms with Crippen LogP contribution >= 0.6 is 15.9 Å². The summed E-state index contributed by atoms with van der Waals surface area (Å²) >= 11 is 3.09.